The van der Waals surface area contributed by atoms with Crippen molar-refractivity contribution in [1.29, 1.82) is 0 Å². The van der Waals surface area contributed by atoms with E-state index in [9.17, 15) is 4.79 Å². The van der Waals surface area contributed by atoms with E-state index in [0.717, 1.165) is 70.8 Å². The molecule has 3 aliphatic rings. The Morgan fingerprint density at radius 2 is 2.07 bits per heavy atom. The minimum Gasteiger partial charge on any atom is -0.485 e. The Hall–Kier alpha value is -1.79. The van der Waals surface area contributed by atoms with Gasteiger partial charge in [0.25, 0.3) is 0 Å². The van der Waals surface area contributed by atoms with Gasteiger partial charge in [-0.05, 0) is 32.8 Å². The highest BCUT2D eigenvalue weighted by Crippen LogP contribution is 2.35. The molecule has 4 rings (SSSR count). The Morgan fingerprint density at radius 1 is 1.29 bits per heavy atom. The van der Waals surface area contributed by atoms with E-state index in [1.807, 2.05) is 18.7 Å². The predicted molar refractivity (Wildman–Crippen MR) is 109 cm³/mol. The molecule has 2 amide bonds. The molecule has 2 fully saturated rings. The molecule has 0 aromatic heterocycles. The molecule has 1 spiro atoms. The average Bonchev–Trinajstić information content (AvgIpc) is 3.05. The van der Waals surface area contributed by atoms with Crippen LogP contribution < -0.4 is 10.1 Å². The molecule has 6 heteroatoms. The van der Waals surface area contributed by atoms with Gasteiger partial charge in [-0.3, -0.25) is 4.90 Å². The van der Waals surface area contributed by atoms with Gasteiger partial charge < -0.3 is 19.7 Å². The predicted octanol–water partition coefficient (Wildman–Crippen LogP) is 3.01. The molecule has 6 nitrogen and oxygen atoms in total. The van der Waals surface area contributed by atoms with Crippen molar-refractivity contribution >= 4 is 6.03 Å². The van der Waals surface area contributed by atoms with Crippen LogP contribution >= 0.6 is 0 Å². The SMILES string of the molecule is CC(C)NC(=O)N1CCCC1CN1Cc2ccccc2OC2(CCOCC2)C1. The fourth-order valence-electron chi connectivity index (χ4n) is 4.76. The molecule has 1 atom stereocenters. The minimum absolute atomic E-state index is 0.0738. The second kappa shape index (κ2) is 8.29. The van der Waals surface area contributed by atoms with Crippen molar-refractivity contribution in [3.05, 3.63) is 29.8 Å². The van der Waals surface area contributed by atoms with E-state index < -0.39 is 0 Å². The van der Waals surface area contributed by atoms with Crippen molar-refractivity contribution in [2.45, 2.75) is 63.8 Å². The maximum atomic E-state index is 12.6. The molecule has 0 bridgehead atoms. The number of benzene rings is 1. The van der Waals surface area contributed by atoms with E-state index >= 15 is 0 Å². The third kappa shape index (κ3) is 4.28. The van der Waals surface area contributed by atoms with Crippen LogP contribution in [0.25, 0.3) is 0 Å². The van der Waals surface area contributed by atoms with Gasteiger partial charge in [0.15, 0.2) is 0 Å². The van der Waals surface area contributed by atoms with Gasteiger partial charge in [0.1, 0.15) is 11.4 Å². The molecule has 1 aromatic carbocycles. The molecule has 154 valence electrons. The maximum Gasteiger partial charge on any atom is 0.317 e. The van der Waals surface area contributed by atoms with Crippen LogP contribution in [-0.2, 0) is 11.3 Å². The van der Waals surface area contributed by atoms with Crippen molar-refractivity contribution in [3.8, 4) is 5.75 Å². The van der Waals surface area contributed by atoms with E-state index in [0.29, 0.717) is 0 Å². The number of amides is 2. The molecular formula is C22H33N3O3. The number of hydrogen-bond donors (Lipinski definition) is 1. The summed E-state index contributed by atoms with van der Waals surface area (Å²) in [5, 5.41) is 3.06. The summed E-state index contributed by atoms with van der Waals surface area (Å²) >= 11 is 0. The lowest BCUT2D eigenvalue weighted by Gasteiger charge is -2.40. The zero-order chi connectivity index (χ0) is 19.6. The quantitative estimate of drug-likeness (QED) is 0.866. The summed E-state index contributed by atoms with van der Waals surface area (Å²) in [5.74, 6) is 1.01. The molecule has 2 saturated heterocycles. The van der Waals surface area contributed by atoms with Crippen LogP contribution in [0.2, 0.25) is 0 Å². The van der Waals surface area contributed by atoms with Crippen molar-refractivity contribution in [3.63, 3.8) is 0 Å². The lowest BCUT2D eigenvalue weighted by Crippen LogP contribution is -2.53. The third-order valence-corrected chi connectivity index (χ3v) is 6.13. The summed E-state index contributed by atoms with van der Waals surface area (Å²) in [5.41, 5.74) is 1.05. The van der Waals surface area contributed by atoms with Crippen molar-refractivity contribution in [2.24, 2.45) is 0 Å². The first-order valence-corrected chi connectivity index (χ1v) is 10.7. The summed E-state index contributed by atoms with van der Waals surface area (Å²) in [4.78, 5) is 17.2. The second-order valence-electron chi connectivity index (χ2n) is 8.77. The molecule has 3 heterocycles. The molecule has 0 radical (unpaired) electrons. The number of nitrogens with one attached hydrogen (secondary N) is 1. The molecule has 3 aliphatic heterocycles. The Bertz CT molecular complexity index is 687. The Morgan fingerprint density at radius 3 is 2.86 bits per heavy atom. The maximum absolute atomic E-state index is 12.6. The molecule has 0 saturated carbocycles. The third-order valence-electron chi connectivity index (χ3n) is 6.13. The smallest absolute Gasteiger partial charge is 0.317 e. The number of fused-ring (bicyclic) bond motifs is 1. The first kappa shape index (κ1) is 19.5. The highest BCUT2D eigenvalue weighted by atomic mass is 16.5. The molecule has 28 heavy (non-hydrogen) atoms. The lowest BCUT2D eigenvalue weighted by molar-refractivity contribution is -0.0598. The topological polar surface area (TPSA) is 54.0 Å². The molecular weight excluding hydrogens is 354 g/mol. The first-order valence-electron chi connectivity index (χ1n) is 10.7. The van der Waals surface area contributed by atoms with Gasteiger partial charge in [-0.25, -0.2) is 4.79 Å². The monoisotopic (exact) mass is 387 g/mol. The summed E-state index contributed by atoms with van der Waals surface area (Å²) in [6, 6.07) is 8.90. The van der Waals surface area contributed by atoms with Crippen LogP contribution in [0, 0.1) is 0 Å². The average molecular weight is 388 g/mol. The number of rotatable bonds is 3. The largest absolute Gasteiger partial charge is 0.485 e. The number of carbonyl (C=O) groups is 1. The van der Waals surface area contributed by atoms with Crippen molar-refractivity contribution < 1.29 is 14.3 Å². The fraction of sp³-hybridized carbons (Fsp3) is 0.682. The molecule has 1 N–H and O–H groups in total. The second-order valence-corrected chi connectivity index (χ2v) is 8.77. The van der Waals surface area contributed by atoms with Crippen LogP contribution in [0.15, 0.2) is 24.3 Å². The fourth-order valence-corrected chi connectivity index (χ4v) is 4.76. The van der Waals surface area contributed by atoms with E-state index in [4.69, 9.17) is 9.47 Å². The molecule has 1 aromatic rings. The summed E-state index contributed by atoms with van der Waals surface area (Å²) in [6.45, 7) is 9.04. The standard InChI is InChI=1S/C22H33N3O3/c1-17(2)23-21(26)25-11-5-7-19(25)15-24-14-18-6-3-4-8-20(18)28-22(16-24)9-12-27-13-10-22/h3-4,6,8,17,19H,5,7,9-16H2,1-2H3,(H,23,26). The zero-order valence-corrected chi connectivity index (χ0v) is 17.2. The number of urea groups is 1. The highest BCUT2D eigenvalue weighted by Gasteiger charge is 2.41. The van der Waals surface area contributed by atoms with E-state index in [1.54, 1.807) is 0 Å². The van der Waals surface area contributed by atoms with Gasteiger partial charge >= 0.3 is 6.03 Å². The van der Waals surface area contributed by atoms with Gasteiger partial charge in [0.2, 0.25) is 0 Å². The van der Waals surface area contributed by atoms with Gasteiger partial charge in [0.05, 0.1) is 13.2 Å². The highest BCUT2D eigenvalue weighted by molar-refractivity contribution is 5.75. The Labute approximate surface area is 168 Å². The van der Waals surface area contributed by atoms with Gasteiger partial charge in [-0.2, -0.15) is 0 Å². The van der Waals surface area contributed by atoms with E-state index in [1.165, 1.54) is 5.56 Å². The number of para-hydroxylation sites is 1. The van der Waals surface area contributed by atoms with Gasteiger partial charge in [-0.15, -0.1) is 0 Å². The summed E-state index contributed by atoms with van der Waals surface area (Å²) < 4.78 is 12.2. The zero-order valence-electron chi connectivity index (χ0n) is 17.2. The molecule has 1 unspecified atom stereocenters. The Kier molecular flexibility index (Phi) is 5.78. The van der Waals surface area contributed by atoms with Gasteiger partial charge in [-0.1, -0.05) is 18.2 Å². The number of carbonyl (C=O) groups excluding carboxylic acids is 1. The normalized spacial score (nSPS) is 24.7. The first-order chi connectivity index (χ1) is 13.5. The minimum atomic E-state index is -0.186. The summed E-state index contributed by atoms with van der Waals surface area (Å²) in [7, 11) is 0. The van der Waals surface area contributed by atoms with E-state index in [2.05, 4.69) is 34.5 Å². The van der Waals surface area contributed by atoms with Crippen LogP contribution in [0.1, 0.15) is 45.1 Å². The number of ether oxygens (including phenoxy) is 2. The van der Waals surface area contributed by atoms with Crippen LogP contribution in [0.3, 0.4) is 0 Å². The number of hydrogen-bond acceptors (Lipinski definition) is 4. The van der Waals surface area contributed by atoms with Gasteiger partial charge in [0, 0.05) is 56.7 Å². The van der Waals surface area contributed by atoms with Crippen LogP contribution in [0.5, 0.6) is 5.75 Å². The number of nitrogens with zero attached hydrogens (tertiary/aromatic N) is 2. The van der Waals surface area contributed by atoms with Crippen molar-refractivity contribution in [1.82, 2.24) is 15.1 Å². The van der Waals surface area contributed by atoms with E-state index in [-0.39, 0.29) is 23.7 Å². The van der Waals surface area contributed by atoms with Crippen LogP contribution in [-0.4, -0.2) is 66.4 Å². The number of likely N-dealkylation sites (tertiary alicyclic amines) is 1. The lowest BCUT2D eigenvalue weighted by atomic mass is 9.93. The summed E-state index contributed by atoms with van der Waals surface area (Å²) in [6.07, 6.45) is 3.98. The van der Waals surface area contributed by atoms with Crippen LogP contribution in [0.4, 0.5) is 4.79 Å². The van der Waals surface area contributed by atoms with Crippen molar-refractivity contribution in [2.75, 3.05) is 32.8 Å². The molecule has 0 aliphatic carbocycles. The Balaban J connectivity index is 1.52.